The van der Waals surface area contributed by atoms with Gasteiger partial charge in [0.05, 0.1) is 7.11 Å². The van der Waals surface area contributed by atoms with E-state index in [0.717, 1.165) is 38.9 Å². The number of piperidine rings is 1. The van der Waals surface area contributed by atoms with Crippen LogP contribution >= 0.6 is 0 Å². The van der Waals surface area contributed by atoms with Crippen molar-refractivity contribution in [2.75, 3.05) is 26.7 Å². The molecule has 0 unspecified atom stereocenters. The number of hydrogen-bond donors (Lipinski definition) is 0. The molecule has 0 spiro atoms. The number of amides is 1. The fraction of sp³-hybridized carbons (Fsp3) is 0.611. The smallest absolute Gasteiger partial charge is 0.409 e. The quantitative estimate of drug-likeness (QED) is 0.798. The first-order valence-electron chi connectivity index (χ1n) is 8.40. The van der Waals surface area contributed by atoms with Gasteiger partial charge in [0.15, 0.2) is 0 Å². The van der Waals surface area contributed by atoms with E-state index in [1.807, 2.05) is 4.90 Å². The highest BCUT2D eigenvalue weighted by Gasteiger charge is 2.40. The summed E-state index contributed by atoms with van der Waals surface area (Å²) in [6, 6.07) is 9.76. The number of carbonyl (C=O) groups is 1. The SMILES string of the molecule is COC(=O)N1C[C@H]2CC[C@@H]1CN(C1Cc3ccccc3C1)C2. The summed E-state index contributed by atoms with van der Waals surface area (Å²) in [6.45, 7) is 3.00. The summed E-state index contributed by atoms with van der Waals surface area (Å²) in [6.07, 6.45) is 4.54. The van der Waals surface area contributed by atoms with Crippen LogP contribution in [0.25, 0.3) is 0 Å². The van der Waals surface area contributed by atoms with Crippen molar-refractivity contribution in [2.24, 2.45) is 5.92 Å². The Balaban J connectivity index is 1.50. The predicted molar refractivity (Wildman–Crippen MR) is 84.8 cm³/mol. The molecule has 3 heterocycles. The van der Waals surface area contributed by atoms with E-state index in [4.69, 9.17) is 4.74 Å². The Bertz CT molecular complexity index is 549. The van der Waals surface area contributed by atoms with Crippen LogP contribution in [-0.4, -0.2) is 54.7 Å². The van der Waals surface area contributed by atoms with Gasteiger partial charge >= 0.3 is 6.09 Å². The van der Waals surface area contributed by atoms with E-state index in [9.17, 15) is 4.79 Å². The summed E-state index contributed by atoms with van der Waals surface area (Å²) < 4.78 is 4.98. The van der Waals surface area contributed by atoms with Gasteiger partial charge in [-0.25, -0.2) is 4.79 Å². The van der Waals surface area contributed by atoms with E-state index in [0.29, 0.717) is 18.0 Å². The minimum Gasteiger partial charge on any atom is -0.453 e. The van der Waals surface area contributed by atoms with Crippen molar-refractivity contribution in [3.05, 3.63) is 35.4 Å². The second kappa shape index (κ2) is 5.58. The van der Waals surface area contributed by atoms with Crippen molar-refractivity contribution in [3.63, 3.8) is 0 Å². The Morgan fingerprint density at radius 3 is 2.45 bits per heavy atom. The molecule has 0 N–H and O–H groups in total. The monoisotopic (exact) mass is 300 g/mol. The fourth-order valence-electron chi connectivity index (χ4n) is 4.55. The van der Waals surface area contributed by atoms with Crippen LogP contribution < -0.4 is 0 Å². The summed E-state index contributed by atoms with van der Waals surface area (Å²) in [5.74, 6) is 0.599. The number of benzene rings is 1. The first-order valence-corrected chi connectivity index (χ1v) is 8.40. The molecular formula is C18H24N2O2. The molecule has 4 heteroatoms. The topological polar surface area (TPSA) is 32.8 Å². The maximum absolute atomic E-state index is 12.0. The van der Waals surface area contributed by atoms with E-state index < -0.39 is 0 Å². The molecule has 4 nitrogen and oxygen atoms in total. The van der Waals surface area contributed by atoms with Crippen molar-refractivity contribution in [1.82, 2.24) is 9.80 Å². The molecule has 2 bridgehead atoms. The molecule has 0 radical (unpaired) electrons. The lowest BCUT2D eigenvalue weighted by atomic mass is 9.95. The molecule has 22 heavy (non-hydrogen) atoms. The van der Waals surface area contributed by atoms with Crippen LogP contribution in [-0.2, 0) is 17.6 Å². The third kappa shape index (κ3) is 2.39. The molecule has 5 rings (SSSR count). The van der Waals surface area contributed by atoms with Gasteiger partial charge in [-0.1, -0.05) is 24.3 Å². The lowest BCUT2D eigenvalue weighted by Gasteiger charge is -2.35. The maximum Gasteiger partial charge on any atom is 0.409 e. The van der Waals surface area contributed by atoms with Gasteiger partial charge in [0.1, 0.15) is 0 Å². The Labute approximate surface area is 132 Å². The molecule has 0 aromatic heterocycles. The molecule has 3 fully saturated rings. The van der Waals surface area contributed by atoms with Gasteiger partial charge in [-0.3, -0.25) is 4.90 Å². The minimum absolute atomic E-state index is 0.147. The molecule has 3 aliphatic heterocycles. The molecule has 0 saturated carbocycles. The highest BCUT2D eigenvalue weighted by Crippen LogP contribution is 2.33. The number of nitrogens with zero attached hydrogens (tertiary/aromatic N) is 2. The second-order valence-electron chi connectivity index (χ2n) is 7.00. The van der Waals surface area contributed by atoms with Crippen LogP contribution in [0.1, 0.15) is 24.0 Å². The van der Waals surface area contributed by atoms with Crippen LogP contribution in [0.3, 0.4) is 0 Å². The van der Waals surface area contributed by atoms with Gasteiger partial charge in [0, 0.05) is 31.7 Å². The minimum atomic E-state index is -0.147. The number of carbonyl (C=O) groups excluding carboxylic acids is 1. The second-order valence-corrected chi connectivity index (χ2v) is 7.00. The molecule has 2 atom stereocenters. The lowest BCUT2D eigenvalue weighted by molar-refractivity contribution is 0.0825. The fourth-order valence-corrected chi connectivity index (χ4v) is 4.55. The van der Waals surface area contributed by atoms with Gasteiger partial charge < -0.3 is 9.64 Å². The molecular weight excluding hydrogens is 276 g/mol. The highest BCUT2D eigenvalue weighted by molar-refractivity contribution is 5.68. The van der Waals surface area contributed by atoms with E-state index in [2.05, 4.69) is 29.2 Å². The van der Waals surface area contributed by atoms with E-state index in [-0.39, 0.29) is 6.09 Å². The largest absolute Gasteiger partial charge is 0.453 e. The predicted octanol–water partition coefficient (Wildman–Crippen LogP) is 2.32. The summed E-state index contributed by atoms with van der Waals surface area (Å²) in [5.41, 5.74) is 3.02. The van der Waals surface area contributed by atoms with Gasteiger partial charge in [-0.15, -0.1) is 0 Å². The van der Waals surface area contributed by atoms with Crippen molar-refractivity contribution < 1.29 is 9.53 Å². The average Bonchev–Trinajstić information content (AvgIpc) is 2.77. The average molecular weight is 300 g/mol. The molecule has 1 amide bonds. The molecule has 4 aliphatic rings. The molecule has 1 aromatic carbocycles. The van der Waals surface area contributed by atoms with Crippen molar-refractivity contribution in [2.45, 2.75) is 37.8 Å². The zero-order chi connectivity index (χ0) is 15.1. The molecule has 3 saturated heterocycles. The van der Waals surface area contributed by atoms with Crippen molar-refractivity contribution >= 4 is 6.09 Å². The Morgan fingerprint density at radius 2 is 1.77 bits per heavy atom. The van der Waals surface area contributed by atoms with Crippen molar-refractivity contribution in [3.8, 4) is 0 Å². The Kier molecular flexibility index (Phi) is 3.57. The Morgan fingerprint density at radius 1 is 1.05 bits per heavy atom. The number of hydrogen-bond acceptors (Lipinski definition) is 3. The van der Waals surface area contributed by atoms with E-state index >= 15 is 0 Å². The number of fused-ring (bicyclic) bond motifs is 5. The zero-order valence-electron chi connectivity index (χ0n) is 13.2. The summed E-state index contributed by atoms with van der Waals surface area (Å²) in [4.78, 5) is 16.6. The van der Waals surface area contributed by atoms with Crippen molar-refractivity contribution in [1.29, 1.82) is 0 Å². The van der Waals surface area contributed by atoms with Crippen LogP contribution in [0.4, 0.5) is 4.79 Å². The van der Waals surface area contributed by atoms with Crippen LogP contribution in [0.5, 0.6) is 0 Å². The zero-order valence-corrected chi connectivity index (χ0v) is 13.2. The third-order valence-corrected chi connectivity index (χ3v) is 5.70. The van der Waals surface area contributed by atoms with Gasteiger partial charge in [-0.05, 0) is 42.7 Å². The summed E-state index contributed by atoms with van der Waals surface area (Å²) in [5, 5.41) is 0. The third-order valence-electron chi connectivity index (χ3n) is 5.70. The van der Waals surface area contributed by atoms with Gasteiger partial charge in [0.25, 0.3) is 0 Å². The maximum atomic E-state index is 12.0. The summed E-state index contributed by atoms with van der Waals surface area (Å²) in [7, 11) is 1.49. The van der Waals surface area contributed by atoms with E-state index in [1.54, 1.807) is 0 Å². The van der Waals surface area contributed by atoms with Crippen LogP contribution in [0, 0.1) is 5.92 Å². The lowest BCUT2D eigenvalue weighted by Crippen LogP contribution is -2.48. The first kappa shape index (κ1) is 14.1. The molecule has 1 aliphatic carbocycles. The number of rotatable bonds is 1. The van der Waals surface area contributed by atoms with Gasteiger partial charge in [0.2, 0.25) is 0 Å². The molecule has 118 valence electrons. The first-order chi connectivity index (χ1) is 10.7. The molecule has 1 aromatic rings. The normalized spacial score (nSPS) is 28.5. The standard InChI is InChI=1S/C18H24N2O2/c1-22-18(21)20-11-13-6-7-16(20)12-19(10-13)17-8-14-4-2-3-5-15(14)9-17/h2-5,13,16-17H,6-12H2,1H3/t13-,16+/m0/s1. The van der Waals surface area contributed by atoms with Crippen LogP contribution in [0.2, 0.25) is 0 Å². The van der Waals surface area contributed by atoms with Gasteiger partial charge in [-0.2, -0.15) is 0 Å². The highest BCUT2D eigenvalue weighted by atomic mass is 16.5. The Hall–Kier alpha value is -1.55. The van der Waals surface area contributed by atoms with E-state index in [1.165, 1.54) is 24.7 Å². The number of methoxy groups -OCH3 is 1. The number of ether oxygens (including phenoxy) is 1. The summed E-state index contributed by atoms with van der Waals surface area (Å²) >= 11 is 0. The van der Waals surface area contributed by atoms with Crippen LogP contribution in [0.15, 0.2) is 24.3 Å².